The van der Waals surface area contributed by atoms with E-state index >= 15 is 0 Å². The Kier molecular flexibility index (Phi) is 6.99. The van der Waals surface area contributed by atoms with Gasteiger partial charge in [-0.15, -0.1) is 0 Å². The number of hydrogen-bond donors (Lipinski definition) is 2. The van der Waals surface area contributed by atoms with Crippen molar-refractivity contribution in [2.24, 2.45) is 5.73 Å². The minimum atomic E-state index is -3.65. The van der Waals surface area contributed by atoms with Crippen LogP contribution in [0.15, 0.2) is 58.2 Å². The van der Waals surface area contributed by atoms with E-state index in [1.165, 1.54) is 34.6 Å². The van der Waals surface area contributed by atoms with Crippen LogP contribution in [0, 0.1) is 0 Å². The van der Waals surface area contributed by atoms with Crippen molar-refractivity contribution in [2.75, 3.05) is 12.4 Å². The van der Waals surface area contributed by atoms with Gasteiger partial charge in [-0.25, -0.2) is 13.1 Å². The molecule has 0 saturated heterocycles. The third-order valence-electron chi connectivity index (χ3n) is 6.30. The summed E-state index contributed by atoms with van der Waals surface area (Å²) in [6.45, 7) is -0.450. The summed E-state index contributed by atoms with van der Waals surface area (Å²) in [7, 11) is -2.04. The van der Waals surface area contributed by atoms with E-state index in [2.05, 4.69) is 10.4 Å². The highest BCUT2D eigenvalue weighted by Crippen LogP contribution is 2.27. The van der Waals surface area contributed by atoms with Crippen LogP contribution in [0.3, 0.4) is 0 Å². The molecule has 1 fully saturated rings. The number of rotatable bonds is 7. The van der Waals surface area contributed by atoms with Gasteiger partial charge in [-0.05, 0) is 43.2 Å². The largest absolute Gasteiger partial charge is 0.364 e. The predicted octanol–water partition coefficient (Wildman–Crippen LogP) is 2.09. The maximum atomic E-state index is 13.0. The first-order valence-electron chi connectivity index (χ1n) is 11.4. The third-order valence-corrected chi connectivity index (χ3v) is 8.22. The molecule has 1 aliphatic rings. The fourth-order valence-corrected chi connectivity index (χ4v) is 5.79. The second kappa shape index (κ2) is 9.96. The van der Waals surface area contributed by atoms with E-state index in [4.69, 9.17) is 5.73 Å². The van der Waals surface area contributed by atoms with Gasteiger partial charge in [0.15, 0.2) is 5.69 Å². The predicted molar refractivity (Wildman–Crippen MR) is 131 cm³/mol. The monoisotopic (exact) mass is 497 g/mol. The number of aromatic nitrogens is 2. The Bertz CT molecular complexity index is 1430. The summed E-state index contributed by atoms with van der Waals surface area (Å²) in [6.07, 6.45) is 4.87. The Morgan fingerprint density at radius 1 is 1.06 bits per heavy atom. The van der Waals surface area contributed by atoms with Gasteiger partial charge in [0.25, 0.3) is 11.5 Å². The molecule has 3 aromatic rings. The molecular formula is C24H27N5O5S. The molecule has 0 atom stereocenters. The van der Waals surface area contributed by atoms with Crippen molar-refractivity contribution in [3.63, 3.8) is 0 Å². The lowest BCUT2D eigenvalue weighted by Crippen LogP contribution is -2.38. The highest BCUT2D eigenvalue weighted by Gasteiger charge is 2.29. The standard InChI is InChI=1S/C24H27N5O5S/c1-28(17-7-3-2-4-8-17)35(33,34)18-13-11-16(12-14-18)26-21(30)15-29-24(32)20-10-6-5-9-19(20)22(27-29)23(25)31/h5-6,9-14,17H,2-4,7-8,15H2,1H3,(H2,25,31)(H,26,30). The number of hydrogen-bond acceptors (Lipinski definition) is 6. The van der Waals surface area contributed by atoms with Gasteiger partial charge < -0.3 is 11.1 Å². The summed E-state index contributed by atoms with van der Waals surface area (Å²) < 4.78 is 28.3. The number of amides is 2. The molecule has 1 aliphatic carbocycles. The molecule has 0 unspecified atom stereocenters. The van der Waals surface area contributed by atoms with Crippen LogP contribution < -0.4 is 16.6 Å². The molecule has 35 heavy (non-hydrogen) atoms. The maximum absolute atomic E-state index is 13.0. The van der Waals surface area contributed by atoms with Crippen LogP contribution in [0.4, 0.5) is 5.69 Å². The SMILES string of the molecule is CN(C1CCCCC1)S(=O)(=O)c1ccc(NC(=O)Cn2nc(C(N)=O)c3ccccc3c2=O)cc1. The van der Waals surface area contributed by atoms with Crippen LogP contribution in [-0.4, -0.2) is 47.4 Å². The van der Waals surface area contributed by atoms with Gasteiger partial charge in [0, 0.05) is 24.2 Å². The first kappa shape index (κ1) is 24.6. The highest BCUT2D eigenvalue weighted by atomic mass is 32.2. The number of fused-ring (bicyclic) bond motifs is 1. The fraction of sp³-hybridized carbons (Fsp3) is 0.333. The van der Waals surface area contributed by atoms with E-state index < -0.39 is 33.9 Å². The molecule has 3 N–H and O–H groups in total. The lowest BCUT2D eigenvalue weighted by molar-refractivity contribution is -0.117. The minimum Gasteiger partial charge on any atom is -0.364 e. The molecule has 1 heterocycles. The molecule has 0 radical (unpaired) electrons. The zero-order valence-electron chi connectivity index (χ0n) is 19.3. The lowest BCUT2D eigenvalue weighted by atomic mass is 9.96. The van der Waals surface area contributed by atoms with E-state index in [-0.39, 0.29) is 22.0 Å². The molecule has 1 saturated carbocycles. The van der Waals surface area contributed by atoms with Crippen LogP contribution in [0.25, 0.3) is 10.8 Å². The molecule has 0 aliphatic heterocycles. The van der Waals surface area contributed by atoms with E-state index in [9.17, 15) is 22.8 Å². The summed E-state index contributed by atoms with van der Waals surface area (Å²) >= 11 is 0. The van der Waals surface area contributed by atoms with Crippen molar-refractivity contribution in [1.82, 2.24) is 14.1 Å². The number of nitrogens with one attached hydrogen (secondary N) is 1. The zero-order valence-corrected chi connectivity index (χ0v) is 20.1. The van der Waals surface area contributed by atoms with Crippen LogP contribution in [0.2, 0.25) is 0 Å². The van der Waals surface area contributed by atoms with Gasteiger partial charge in [0.2, 0.25) is 15.9 Å². The molecular weight excluding hydrogens is 470 g/mol. The van der Waals surface area contributed by atoms with E-state index in [0.717, 1.165) is 36.8 Å². The number of carbonyl (C=O) groups is 2. The Hall–Kier alpha value is -3.57. The van der Waals surface area contributed by atoms with Gasteiger partial charge in [-0.1, -0.05) is 37.5 Å². The van der Waals surface area contributed by atoms with Crippen LogP contribution >= 0.6 is 0 Å². The van der Waals surface area contributed by atoms with Crippen molar-refractivity contribution >= 4 is 38.3 Å². The van der Waals surface area contributed by atoms with Crippen molar-refractivity contribution < 1.29 is 18.0 Å². The van der Waals surface area contributed by atoms with Gasteiger partial charge in [-0.3, -0.25) is 14.4 Å². The molecule has 0 spiro atoms. The summed E-state index contributed by atoms with van der Waals surface area (Å²) in [4.78, 5) is 37.3. The van der Waals surface area contributed by atoms with Gasteiger partial charge in [-0.2, -0.15) is 9.40 Å². The van der Waals surface area contributed by atoms with E-state index in [1.807, 2.05) is 0 Å². The molecule has 2 aromatic carbocycles. The number of carbonyl (C=O) groups excluding carboxylic acids is 2. The summed E-state index contributed by atoms with van der Waals surface area (Å²) in [6, 6.07) is 12.2. The topological polar surface area (TPSA) is 144 Å². The Morgan fingerprint density at radius 2 is 1.69 bits per heavy atom. The van der Waals surface area contributed by atoms with Crippen molar-refractivity contribution in [3.05, 3.63) is 64.6 Å². The highest BCUT2D eigenvalue weighted by molar-refractivity contribution is 7.89. The first-order valence-corrected chi connectivity index (χ1v) is 12.8. The summed E-state index contributed by atoms with van der Waals surface area (Å²) in [5.74, 6) is -1.38. The van der Waals surface area contributed by atoms with E-state index in [1.54, 1.807) is 25.2 Å². The molecule has 1 aromatic heterocycles. The van der Waals surface area contributed by atoms with Crippen LogP contribution in [0.1, 0.15) is 42.6 Å². The van der Waals surface area contributed by atoms with Crippen LogP contribution in [-0.2, 0) is 21.4 Å². The summed E-state index contributed by atoms with van der Waals surface area (Å²) in [5.41, 5.74) is 5.12. The van der Waals surface area contributed by atoms with Crippen molar-refractivity contribution in [3.8, 4) is 0 Å². The second-order valence-corrected chi connectivity index (χ2v) is 10.6. The minimum absolute atomic E-state index is 0.00816. The zero-order chi connectivity index (χ0) is 25.2. The fourth-order valence-electron chi connectivity index (χ4n) is 4.38. The average molecular weight is 498 g/mol. The molecule has 0 bridgehead atoms. The summed E-state index contributed by atoms with van der Waals surface area (Å²) in [5, 5.41) is 7.14. The van der Waals surface area contributed by atoms with Gasteiger partial charge in [0.05, 0.1) is 10.3 Å². The third kappa shape index (κ3) is 5.10. The van der Waals surface area contributed by atoms with E-state index in [0.29, 0.717) is 11.1 Å². The number of nitrogens with two attached hydrogens (primary N) is 1. The number of sulfonamides is 1. The van der Waals surface area contributed by atoms with Gasteiger partial charge in [0.1, 0.15) is 6.54 Å². The number of nitrogens with zero attached hydrogens (tertiary/aromatic N) is 3. The lowest BCUT2D eigenvalue weighted by Gasteiger charge is -2.30. The van der Waals surface area contributed by atoms with Gasteiger partial charge >= 0.3 is 0 Å². The quantitative estimate of drug-likeness (QED) is 0.511. The van der Waals surface area contributed by atoms with Crippen molar-refractivity contribution in [2.45, 2.75) is 49.6 Å². The Labute approximate surface area is 202 Å². The van der Waals surface area contributed by atoms with Crippen LogP contribution in [0.5, 0.6) is 0 Å². The average Bonchev–Trinajstić information content (AvgIpc) is 2.86. The normalized spacial score (nSPS) is 14.8. The Balaban J connectivity index is 1.49. The number of benzene rings is 2. The molecule has 11 heteroatoms. The smallest absolute Gasteiger partial charge is 0.275 e. The Morgan fingerprint density at radius 3 is 2.31 bits per heavy atom. The maximum Gasteiger partial charge on any atom is 0.275 e. The molecule has 2 amide bonds. The second-order valence-electron chi connectivity index (χ2n) is 8.61. The molecule has 10 nitrogen and oxygen atoms in total. The molecule has 184 valence electrons. The number of anilines is 1. The first-order chi connectivity index (χ1) is 16.7. The number of primary amides is 1. The molecule has 4 rings (SSSR count). The van der Waals surface area contributed by atoms with Crippen molar-refractivity contribution in [1.29, 1.82) is 0 Å².